The molecular weight excluding hydrogens is 350 g/mol. The zero-order valence-corrected chi connectivity index (χ0v) is 16.7. The molecule has 8 heteroatoms. The quantitative estimate of drug-likeness (QED) is 0.396. The molecule has 2 rings (SSSR count). The van der Waals surface area contributed by atoms with Crippen LogP contribution in [0.4, 0.5) is 4.79 Å². The van der Waals surface area contributed by atoms with E-state index in [2.05, 4.69) is 31.4 Å². The topological polar surface area (TPSA) is 105 Å². The Morgan fingerprint density at radius 2 is 2.00 bits per heavy atom. The first-order valence-corrected chi connectivity index (χ1v) is 9.65. The van der Waals surface area contributed by atoms with Gasteiger partial charge in [0, 0.05) is 6.54 Å². The Morgan fingerprint density at radius 3 is 2.63 bits per heavy atom. The summed E-state index contributed by atoms with van der Waals surface area (Å²) in [5.74, 6) is -1.26. The molecule has 0 aromatic rings. The number of unbranched alkanes of at least 4 members (excludes halogenated alkanes) is 1. The number of ether oxygens (including phenoxy) is 1. The Bertz CT molecular complexity index is 618. The maximum Gasteiger partial charge on any atom is 0.326 e. The molecule has 1 saturated carbocycles. The van der Waals surface area contributed by atoms with Crippen LogP contribution < -0.4 is 10.6 Å². The Balaban J connectivity index is 1.91. The second-order valence-corrected chi connectivity index (χ2v) is 8.62. The summed E-state index contributed by atoms with van der Waals surface area (Å²) in [6, 6.07) is -0.575. The Hall–Kier alpha value is -2.12. The second-order valence-electron chi connectivity index (χ2n) is 8.62. The Morgan fingerprint density at radius 1 is 1.30 bits per heavy atom. The molecule has 0 radical (unpaired) electrons. The van der Waals surface area contributed by atoms with Gasteiger partial charge in [-0.1, -0.05) is 34.1 Å². The van der Waals surface area contributed by atoms with Gasteiger partial charge in [0.25, 0.3) is 11.8 Å². The number of esters is 1. The van der Waals surface area contributed by atoms with Crippen LogP contribution in [-0.4, -0.2) is 54.0 Å². The third-order valence-electron chi connectivity index (χ3n) is 5.13. The van der Waals surface area contributed by atoms with Crippen molar-refractivity contribution in [3.63, 3.8) is 0 Å². The molecule has 0 aromatic heterocycles. The van der Waals surface area contributed by atoms with Crippen LogP contribution in [-0.2, 0) is 19.1 Å². The number of amides is 4. The van der Waals surface area contributed by atoms with E-state index >= 15 is 0 Å². The van der Waals surface area contributed by atoms with E-state index in [1.165, 1.54) is 0 Å². The van der Waals surface area contributed by atoms with E-state index in [9.17, 15) is 19.2 Å². The fourth-order valence-corrected chi connectivity index (χ4v) is 4.43. The number of carbonyl (C=O) groups is 4. The number of urea groups is 1. The summed E-state index contributed by atoms with van der Waals surface area (Å²) in [6.07, 6.45) is 3.88. The van der Waals surface area contributed by atoms with Crippen molar-refractivity contribution in [3.05, 3.63) is 0 Å². The minimum atomic E-state index is -0.948. The maximum atomic E-state index is 12.9. The van der Waals surface area contributed by atoms with Gasteiger partial charge in [-0.2, -0.15) is 0 Å². The lowest BCUT2D eigenvalue weighted by atomic mass is 9.64. The summed E-state index contributed by atoms with van der Waals surface area (Å²) < 4.78 is 4.91. The molecule has 1 aliphatic heterocycles. The number of rotatable bonds is 7. The van der Waals surface area contributed by atoms with Crippen molar-refractivity contribution >= 4 is 23.8 Å². The minimum absolute atomic E-state index is 0.0757. The van der Waals surface area contributed by atoms with E-state index in [4.69, 9.17) is 4.74 Å². The molecule has 1 spiro atoms. The van der Waals surface area contributed by atoms with Gasteiger partial charge in [0.15, 0.2) is 6.61 Å². The van der Waals surface area contributed by atoms with Crippen LogP contribution in [0.1, 0.15) is 59.8 Å². The van der Waals surface area contributed by atoms with Crippen LogP contribution in [0, 0.1) is 11.3 Å². The van der Waals surface area contributed by atoms with Crippen molar-refractivity contribution in [2.75, 3.05) is 19.7 Å². The van der Waals surface area contributed by atoms with Gasteiger partial charge in [-0.05, 0) is 37.0 Å². The molecule has 1 heterocycles. The van der Waals surface area contributed by atoms with Crippen LogP contribution in [0.2, 0.25) is 0 Å². The van der Waals surface area contributed by atoms with Gasteiger partial charge in [-0.3, -0.25) is 19.3 Å². The highest BCUT2D eigenvalue weighted by Crippen LogP contribution is 2.46. The summed E-state index contributed by atoms with van der Waals surface area (Å²) in [5.41, 5.74) is -1.02. The number of imide groups is 1. The molecule has 1 aliphatic carbocycles. The molecular formula is C19H31N3O5. The van der Waals surface area contributed by atoms with Crippen LogP contribution in [0.3, 0.4) is 0 Å². The largest absolute Gasteiger partial charge is 0.454 e. The van der Waals surface area contributed by atoms with Crippen molar-refractivity contribution in [1.82, 2.24) is 15.5 Å². The van der Waals surface area contributed by atoms with E-state index in [1.54, 1.807) is 0 Å². The zero-order valence-electron chi connectivity index (χ0n) is 16.7. The van der Waals surface area contributed by atoms with E-state index < -0.39 is 36.6 Å². The fraction of sp³-hybridized carbons (Fsp3) is 0.789. The van der Waals surface area contributed by atoms with Gasteiger partial charge in [-0.15, -0.1) is 0 Å². The van der Waals surface area contributed by atoms with Crippen LogP contribution in [0.5, 0.6) is 0 Å². The first kappa shape index (κ1) is 21.2. The van der Waals surface area contributed by atoms with Crippen molar-refractivity contribution in [3.8, 4) is 0 Å². The van der Waals surface area contributed by atoms with Gasteiger partial charge in [0.1, 0.15) is 12.1 Å². The molecule has 1 saturated heterocycles. The minimum Gasteiger partial charge on any atom is -0.454 e. The predicted octanol–water partition coefficient (Wildman–Crippen LogP) is 1.58. The summed E-state index contributed by atoms with van der Waals surface area (Å²) >= 11 is 0. The molecule has 8 nitrogen and oxygen atoms in total. The standard InChI is InChI=1S/C19H31N3O5/c1-5-6-7-20-14(23)11-27-15(24)10-22-16(25)19(21-17(22)26)9-13(2)8-18(3,4)12-19/h13H,5-12H2,1-4H3,(H,20,23)(H,21,26)/t13-,19-/m1/s1. The zero-order chi connectivity index (χ0) is 20.2. The lowest BCUT2D eigenvalue weighted by Crippen LogP contribution is -2.54. The van der Waals surface area contributed by atoms with Crippen molar-refractivity contribution in [2.45, 2.75) is 65.3 Å². The van der Waals surface area contributed by atoms with Gasteiger partial charge < -0.3 is 15.4 Å². The molecule has 2 atom stereocenters. The molecule has 2 aliphatic rings. The van der Waals surface area contributed by atoms with Crippen LogP contribution >= 0.6 is 0 Å². The number of nitrogens with one attached hydrogen (secondary N) is 2. The number of hydrogen-bond donors (Lipinski definition) is 2. The van der Waals surface area contributed by atoms with Gasteiger partial charge in [0.05, 0.1) is 0 Å². The van der Waals surface area contributed by atoms with Gasteiger partial charge >= 0.3 is 12.0 Å². The van der Waals surface area contributed by atoms with E-state index in [1.807, 2.05) is 6.92 Å². The average molecular weight is 381 g/mol. The smallest absolute Gasteiger partial charge is 0.326 e. The molecule has 152 valence electrons. The molecule has 27 heavy (non-hydrogen) atoms. The van der Waals surface area contributed by atoms with Gasteiger partial charge in [-0.25, -0.2) is 4.79 Å². The highest BCUT2D eigenvalue weighted by Gasteiger charge is 2.56. The summed E-state index contributed by atoms with van der Waals surface area (Å²) in [6.45, 7) is 7.86. The Labute approximate surface area is 160 Å². The van der Waals surface area contributed by atoms with Crippen molar-refractivity contribution < 1.29 is 23.9 Å². The molecule has 4 amide bonds. The number of nitrogens with zero attached hydrogens (tertiary/aromatic N) is 1. The third kappa shape index (κ3) is 5.20. The van der Waals surface area contributed by atoms with E-state index in [0.717, 1.165) is 24.2 Å². The normalized spacial score (nSPS) is 26.8. The first-order chi connectivity index (χ1) is 12.6. The molecule has 0 unspecified atom stereocenters. The average Bonchev–Trinajstić information content (AvgIpc) is 2.75. The third-order valence-corrected chi connectivity index (χ3v) is 5.13. The predicted molar refractivity (Wildman–Crippen MR) is 98.6 cm³/mol. The number of carbonyl (C=O) groups excluding carboxylic acids is 4. The highest BCUT2D eigenvalue weighted by molar-refractivity contribution is 6.08. The second kappa shape index (κ2) is 8.27. The lowest BCUT2D eigenvalue weighted by Gasteiger charge is -2.43. The highest BCUT2D eigenvalue weighted by atomic mass is 16.5. The Kier molecular flexibility index (Phi) is 6.49. The van der Waals surface area contributed by atoms with E-state index in [0.29, 0.717) is 19.4 Å². The monoisotopic (exact) mass is 381 g/mol. The van der Waals surface area contributed by atoms with E-state index in [-0.39, 0.29) is 17.2 Å². The van der Waals surface area contributed by atoms with Crippen LogP contribution in [0.15, 0.2) is 0 Å². The lowest BCUT2D eigenvalue weighted by molar-refractivity contribution is -0.151. The summed E-state index contributed by atoms with van der Waals surface area (Å²) in [4.78, 5) is 49.8. The molecule has 0 bridgehead atoms. The first-order valence-electron chi connectivity index (χ1n) is 9.65. The SMILES string of the molecule is CCCCNC(=O)COC(=O)CN1C(=O)N[C@@]2(C[C@H](C)CC(C)(C)C2)C1=O. The molecule has 0 aromatic carbocycles. The molecule has 2 fully saturated rings. The maximum absolute atomic E-state index is 12.9. The molecule has 2 N–H and O–H groups in total. The summed E-state index contributed by atoms with van der Waals surface area (Å²) in [7, 11) is 0. The van der Waals surface area contributed by atoms with Gasteiger partial charge in [0.2, 0.25) is 0 Å². The van der Waals surface area contributed by atoms with Crippen LogP contribution in [0.25, 0.3) is 0 Å². The van der Waals surface area contributed by atoms with Crippen molar-refractivity contribution in [2.24, 2.45) is 11.3 Å². The number of hydrogen-bond acceptors (Lipinski definition) is 5. The van der Waals surface area contributed by atoms with Crippen molar-refractivity contribution in [1.29, 1.82) is 0 Å². The summed E-state index contributed by atoms with van der Waals surface area (Å²) in [5, 5.41) is 5.44. The fourth-order valence-electron chi connectivity index (χ4n) is 4.43.